The molecule has 0 fully saturated rings. The van der Waals surface area contributed by atoms with Gasteiger partial charge in [-0.05, 0) is 57.0 Å². The van der Waals surface area contributed by atoms with Gasteiger partial charge in [0, 0.05) is 19.2 Å². The molecule has 2 aromatic rings. The molecule has 1 aliphatic heterocycles. The van der Waals surface area contributed by atoms with Crippen molar-refractivity contribution in [2.24, 2.45) is 0 Å². The average Bonchev–Trinajstić information content (AvgIpc) is 3.06. The molecule has 0 atom stereocenters. The van der Waals surface area contributed by atoms with Gasteiger partial charge in [0.05, 0.1) is 38.2 Å². The van der Waals surface area contributed by atoms with Gasteiger partial charge in [0.1, 0.15) is 22.9 Å². The third kappa shape index (κ3) is 5.69. The Labute approximate surface area is 200 Å². The number of hydrogen-bond acceptors (Lipinski definition) is 7. The molecule has 2 amide bonds. The molecule has 34 heavy (non-hydrogen) atoms. The van der Waals surface area contributed by atoms with Gasteiger partial charge in [-0.25, -0.2) is 0 Å². The molecule has 0 saturated heterocycles. The molecule has 0 bridgehead atoms. The first kappa shape index (κ1) is 25.1. The van der Waals surface area contributed by atoms with Gasteiger partial charge < -0.3 is 24.3 Å². The summed E-state index contributed by atoms with van der Waals surface area (Å²) in [6.45, 7) is 7.05. The third-order valence-electron chi connectivity index (χ3n) is 5.27. The highest BCUT2D eigenvalue weighted by Gasteiger charge is 2.39. The van der Waals surface area contributed by atoms with E-state index in [0.29, 0.717) is 53.7 Å². The van der Waals surface area contributed by atoms with E-state index in [0.717, 1.165) is 0 Å². The summed E-state index contributed by atoms with van der Waals surface area (Å²) in [7, 11) is 3.10. The van der Waals surface area contributed by atoms with Crippen LogP contribution in [0.5, 0.6) is 17.2 Å². The minimum atomic E-state index is -0.392. The molecule has 0 aromatic heterocycles. The Hall–Kier alpha value is -3.52. The van der Waals surface area contributed by atoms with E-state index in [1.165, 1.54) is 12.0 Å². The summed E-state index contributed by atoms with van der Waals surface area (Å²) in [5.41, 5.74) is 1.67. The lowest BCUT2D eigenvalue weighted by atomic mass is 10.0. The number of nitrogens with zero attached hydrogens (tertiary/aromatic N) is 1. The topological polar surface area (TPSA) is 86.3 Å². The number of nitrogens with one attached hydrogen (secondary N) is 1. The molecule has 8 heteroatoms. The maximum Gasteiger partial charge on any atom is 0.278 e. The Balaban J connectivity index is 1.95. The fourth-order valence-electron chi connectivity index (χ4n) is 3.63. The molecule has 1 N–H and O–H groups in total. The van der Waals surface area contributed by atoms with Gasteiger partial charge in [-0.3, -0.25) is 14.5 Å². The van der Waals surface area contributed by atoms with E-state index in [1.54, 1.807) is 49.6 Å². The number of carbonyl (C=O) groups excluding carboxylic acids is 2. The van der Waals surface area contributed by atoms with Crippen LogP contribution in [-0.4, -0.2) is 56.8 Å². The zero-order chi connectivity index (χ0) is 24.7. The van der Waals surface area contributed by atoms with Crippen molar-refractivity contribution in [1.82, 2.24) is 4.90 Å². The normalized spacial score (nSPS) is 13.6. The summed E-state index contributed by atoms with van der Waals surface area (Å²) in [6, 6.07) is 12.3. The Kier molecular flexibility index (Phi) is 8.54. The predicted molar refractivity (Wildman–Crippen MR) is 130 cm³/mol. The van der Waals surface area contributed by atoms with Crippen molar-refractivity contribution in [2.45, 2.75) is 33.3 Å². The maximum atomic E-state index is 13.4. The molecule has 1 aliphatic rings. The molecular formula is C26H32N2O6. The van der Waals surface area contributed by atoms with E-state index in [1.807, 2.05) is 20.8 Å². The maximum absolute atomic E-state index is 13.4. The SMILES string of the molecule is CCOc1ccc(C2=C(Nc3ccc(OC)cc3OC)C(=O)N(CCCOC(C)C)C2=O)cc1. The van der Waals surface area contributed by atoms with E-state index in [-0.39, 0.29) is 24.3 Å². The van der Waals surface area contributed by atoms with Gasteiger partial charge in [-0.2, -0.15) is 0 Å². The number of imide groups is 1. The van der Waals surface area contributed by atoms with Crippen molar-refractivity contribution in [2.75, 3.05) is 39.3 Å². The molecule has 0 saturated carbocycles. The number of benzene rings is 2. The van der Waals surface area contributed by atoms with Crippen LogP contribution in [0.1, 0.15) is 32.8 Å². The second-order valence-electron chi connectivity index (χ2n) is 7.93. The first-order chi connectivity index (χ1) is 16.4. The van der Waals surface area contributed by atoms with Gasteiger partial charge in [-0.1, -0.05) is 12.1 Å². The first-order valence-electron chi connectivity index (χ1n) is 11.3. The molecule has 3 rings (SSSR count). The second-order valence-corrected chi connectivity index (χ2v) is 7.93. The molecule has 8 nitrogen and oxygen atoms in total. The van der Waals surface area contributed by atoms with Crippen LogP contribution in [-0.2, 0) is 14.3 Å². The van der Waals surface area contributed by atoms with Crippen LogP contribution in [0.4, 0.5) is 5.69 Å². The molecule has 0 aliphatic carbocycles. The highest BCUT2D eigenvalue weighted by molar-refractivity contribution is 6.36. The largest absolute Gasteiger partial charge is 0.497 e. The summed E-state index contributed by atoms with van der Waals surface area (Å²) in [4.78, 5) is 28.0. The number of carbonyl (C=O) groups is 2. The number of hydrogen-bond donors (Lipinski definition) is 1. The number of ether oxygens (including phenoxy) is 4. The summed E-state index contributed by atoms with van der Waals surface area (Å²) in [5.74, 6) is 1.05. The molecule has 0 unspecified atom stereocenters. The summed E-state index contributed by atoms with van der Waals surface area (Å²) < 4.78 is 21.8. The van der Waals surface area contributed by atoms with Crippen LogP contribution in [0.25, 0.3) is 5.57 Å². The van der Waals surface area contributed by atoms with Crippen molar-refractivity contribution >= 4 is 23.1 Å². The molecule has 0 radical (unpaired) electrons. The van der Waals surface area contributed by atoms with Crippen molar-refractivity contribution < 1.29 is 28.5 Å². The number of anilines is 1. The number of rotatable bonds is 12. The molecule has 182 valence electrons. The van der Waals surface area contributed by atoms with Gasteiger partial charge in [-0.15, -0.1) is 0 Å². The highest BCUT2D eigenvalue weighted by Crippen LogP contribution is 2.35. The standard InChI is InChI=1S/C26H32N2O6/c1-6-33-19-10-8-18(9-11-19)23-24(27-21-13-12-20(31-4)16-22(21)32-5)26(30)28(25(23)29)14-7-15-34-17(2)3/h8-13,16-17,27H,6-7,14-15H2,1-5H3. The molecular weight excluding hydrogens is 436 g/mol. The Morgan fingerprint density at radius 2 is 1.65 bits per heavy atom. The fraction of sp³-hybridized carbons (Fsp3) is 0.385. The van der Waals surface area contributed by atoms with E-state index in [4.69, 9.17) is 18.9 Å². The van der Waals surface area contributed by atoms with Gasteiger partial charge in [0.15, 0.2) is 0 Å². The van der Waals surface area contributed by atoms with Crippen LogP contribution in [0, 0.1) is 0 Å². The second kappa shape index (κ2) is 11.6. The number of amides is 2. The van der Waals surface area contributed by atoms with Gasteiger partial charge in [0.2, 0.25) is 0 Å². The van der Waals surface area contributed by atoms with Crippen molar-refractivity contribution in [3.63, 3.8) is 0 Å². The van der Waals surface area contributed by atoms with Crippen LogP contribution >= 0.6 is 0 Å². The zero-order valence-electron chi connectivity index (χ0n) is 20.3. The summed E-state index contributed by atoms with van der Waals surface area (Å²) in [5, 5.41) is 3.14. The number of methoxy groups -OCH3 is 2. The predicted octanol–water partition coefficient (Wildman–Crippen LogP) is 4.11. The van der Waals surface area contributed by atoms with Crippen LogP contribution in [0.15, 0.2) is 48.2 Å². The van der Waals surface area contributed by atoms with Crippen LogP contribution < -0.4 is 19.5 Å². The minimum Gasteiger partial charge on any atom is -0.497 e. The lowest BCUT2D eigenvalue weighted by Crippen LogP contribution is -2.34. The quantitative estimate of drug-likeness (QED) is 0.371. The minimum absolute atomic E-state index is 0.0854. The van der Waals surface area contributed by atoms with E-state index in [2.05, 4.69) is 5.32 Å². The zero-order valence-corrected chi connectivity index (χ0v) is 20.3. The van der Waals surface area contributed by atoms with Crippen molar-refractivity contribution in [3.05, 3.63) is 53.7 Å². The van der Waals surface area contributed by atoms with Gasteiger partial charge >= 0.3 is 0 Å². The van der Waals surface area contributed by atoms with Crippen molar-refractivity contribution in [3.8, 4) is 17.2 Å². The van der Waals surface area contributed by atoms with Crippen LogP contribution in [0.3, 0.4) is 0 Å². The molecule has 1 heterocycles. The molecule has 2 aromatic carbocycles. The molecule has 0 spiro atoms. The van der Waals surface area contributed by atoms with Crippen molar-refractivity contribution in [1.29, 1.82) is 0 Å². The summed E-state index contributed by atoms with van der Waals surface area (Å²) in [6.07, 6.45) is 0.632. The highest BCUT2D eigenvalue weighted by atomic mass is 16.5. The average molecular weight is 469 g/mol. The third-order valence-corrected chi connectivity index (χ3v) is 5.27. The van der Waals surface area contributed by atoms with E-state index < -0.39 is 5.91 Å². The lowest BCUT2D eigenvalue weighted by Gasteiger charge is -2.16. The van der Waals surface area contributed by atoms with E-state index >= 15 is 0 Å². The summed E-state index contributed by atoms with van der Waals surface area (Å²) >= 11 is 0. The van der Waals surface area contributed by atoms with Gasteiger partial charge in [0.25, 0.3) is 11.8 Å². The Morgan fingerprint density at radius 1 is 0.941 bits per heavy atom. The van der Waals surface area contributed by atoms with Crippen LogP contribution in [0.2, 0.25) is 0 Å². The van der Waals surface area contributed by atoms with E-state index in [9.17, 15) is 9.59 Å². The lowest BCUT2D eigenvalue weighted by molar-refractivity contribution is -0.137. The smallest absolute Gasteiger partial charge is 0.278 e. The Bertz CT molecular complexity index is 1050. The fourth-order valence-corrected chi connectivity index (χ4v) is 3.63. The monoisotopic (exact) mass is 468 g/mol. The first-order valence-corrected chi connectivity index (χ1v) is 11.3. The Morgan fingerprint density at radius 3 is 2.26 bits per heavy atom.